The molecule has 1 aromatic carbocycles. The van der Waals surface area contributed by atoms with Gasteiger partial charge in [0, 0.05) is 12.4 Å². The van der Waals surface area contributed by atoms with Crippen molar-refractivity contribution in [3.05, 3.63) is 40.3 Å². The first-order valence-electron chi connectivity index (χ1n) is 8.55. The predicted octanol–water partition coefficient (Wildman–Crippen LogP) is 1.87. The van der Waals surface area contributed by atoms with Gasteiger partial charge in [0.1, 0.15) is 6.04 Å². The number of carboxylic acids is 1. The summed E-state index contributed by atoms with van der Waals surface area (Å²) in [6.45, 7) is 6.07. The fourth-order valence-electron chi connectivity index (χ4n) is 2.74. The topological polar surface area (TPSA) is 101 Å². The Hall–Kier alpha value is -2.70. The van der Waals surface area contributed by atoms with Crippen LogP contribution in [0.5, 0.6) is 0 Å². The molecule has 0 aliphatic carbocycles. The molecule has 1 aromatic heterocycles. The van der Waals surface area contributed by atoms with Gasteiger partial charge >= 0.3 is 5.97 Å². The summed E-state index contributed by atoms with van der Waals surface area (Å²) in [5, 5.41) is 17.2. The normalized spacial score (nSPS) is 12.8. The molecule has 2 rings (SSSR count). The third-order valence-corrected chi connectivity index (χ3v) is 4.18. The van der Waals surface area contributed by atoms with Crippen molar-refractivity contribution in [2.75, 3.05) is 0 Å². The lowest BCUT2D eigenvalue weighted by Crippen LogP contribution is -2.42. The van der Waals surface area contributed by atoms with Crippen molar-refractivity contribution in [3.8, 4) is 0 Å². The minimum atomic E-state index is -1.05. The second-order valence-corrected chi connectivity index (χ2v) is 7.66. The first-order chi connectivity index (χ1) is 12.1. The van der Waals surface area contributed by atoms with Crippen LogP contribution in [0, 0.1) is 5.41 Å². The zero-order chi connectivity index (χ0) is 19.5. The van der Waals surface area contributed by atoms with Crippen molar-refractivity contribution in [3.63, 3.8) is 0 Å². The molecule has 0 bridgehead atoms. The molecular formula is C19H25N3O4. The van der Waals surface area contributed by atoms with E-state index in [9.17, 15) is 19.5 Å². The van der Waals surface area contributed by atoms with Crippen LogP contribution in [0.25, 0.3) is 10.8 Å². The Balaban J connectivity index is 2.19. The largest absolute Gasteiger partial charge is 0.480 e. The number of aromatic nitrogens is 2. The number of carboxylic acid groups (broad SMARTS) is 1. The maximum absolute atomic E-state index is 12.4. The first kappa shape index (κ1) is 19.6. The van der Waals surface area contributed by atoms with Gasteiger partial charge in [-0.3, -0.25) is 9.59 Å². The molecule has 2 aromatic rings. The van der Waals surface area contributed by atoms with Gasteiger partial charge in [-0.25, -0.2) is 9.48 Å². The lowest BCUT2D eigenvalue weighted by Gasteiger charge is -2.21. The third kappa shape index (κ3) is 4.91. The maximum Gasteiger partial charge on any atom is 0.326 e. The Labute approximate surface area is 152 Å². The van der Waals surface area contributed by atoms with Crippen LogP contribution in [0.4, 0.5) is 0 Å². The quantitative estimate of drug-likeness (QED) is 0.820. The van der Waals surface area contributed by atoms with Crippen LogP contribution in [0.15, 0.2) is 29.1 Å². The molecule has 0 saturated heterocycles. The van der Waals surface area contributed by atoms with Gasteiger partial charge < -0.3 is 10.4 Å². The van der Waals surface area contributed by atoms with Crippen LogP contribution in [-0.2, 0) is 23.1 Å². The number of hydrogen-bond acceptors (Lipinski definition) is 4. The van der Waals surface area contributed by atoms with Crippen molar-refractivity contribution in [1.82, 2.24) is 15.1 Å². The Bertz CT molecular complexity index is 880. The molecular weight excluding hydrogens is 334 g/mol. The summed E-state index contributed by atoms with van der Waals surface area (Å²) in [6, 6.07) is 6.00. The minimum Gasteiger partial charge on any atom is -0.480 e. The number of aliphatic carboxylic acids is 1. The van der Waals surface area contributed by atoms with Crippen molar-refractivity contribution < 1.29 is 14.7 Å². The Morgan fingerprint density at radius 1 is 1.23 bits per heavy atom. The van der Waals surface area contributed by atoms with Gasteiger partial charge in [-0.05, 0) is 24.3 Å². The van der Waals surface area contributed by atoms with Crippen LogP contribution in [-0.4, -0.2) is 32.8 Å². The van der Waals surface area contributed by atoms with Gasteiger partial charge in [0.25, 0.3) is 5.56 Å². The molecule has 0 fully saturated rings. The lowest BCUT2D eigenvalue weighted by molar-refractivity contribution is -0.142. The van der Waals surface area contributed by atoms with E-state index in [1.165, 1.54) is 11.7 Å². The number of aryl methyl sites for hydroxylation is 1. The Morgan fingerprint density at radius 3 is 2.42 bits per heavy atom. The highest BCUT2D eigenvalue weighted by atomic mass is 16.4. The molecule has 0 radical (unpaired) electrons. The van der Waals surface area contributed by atoms with Gasteiger partial charge in [0.05, 0.1) is 17.5 Å². The van der Waals surface area contributed by atoms with Crippen LogP contribution < -0.4 is 10.9 Å². The summed E-state index contributed by atoms with van der Waals surface area (Å²) >= 11 is 0. The van der Waals surface area contributed by atoms with Crippen molar-refractivity contribution in [2.45, 2.75) is 46.1 Å². The van der Waals surface area contributed by atoms with Crippen molar-refractivity contribution in [2.24, 2.45) is 12.5 Å². The zero-order valence-corrected chi connectivity index (χ0v) is 15.6. The van der Waals surface area contributed by atoms with E-state index in [1.807, 2.05) is 20.8 Å². The molecule has 1 unspecified atom stereocenters. The first-order valence-corrected chi connectivity index (χ1v) is 8.55. The van der Waals surface area contributed by atoms with E-state index in [0.717, 1.165) is 0 Å². The predicted molar refractivity (Wildman–Crippen MR) is 98.9 cm³/mol. The SMILES string of the molecule is Cn1nc(CC(=O)NC(CCC(C)(C)C)C(=O)O)c2ccccc2c1=O. The van der Waals surface area contributed by atoms with Gasteiger partial charge in [0.2, 0.25) is 5.91 Å². The summed E-state index contributed by atoms with van der Waals surface area (Å²) < 4.78 is 1.19. The van der Waals surface area contributed by atoms with Crippen molar-refractivity contribution in [1.29, 1.82) is 0 Å². The van der Waals surface area contributed by atoms with Crippen molar-refractivity contribution >= 4 is 22.6 Å². The number of amides is 1. The minimum absolute atomic E-state index is 0.0199. The fourth-order valence-corrected chi connectivity index (χ4v) is 2.74. The number of hydrogen-bond donors (Lipinski definition) is 2. The smallest absolute Gasteiger partial charge is 0.326 e. The molecule has 0 saturated carbocycles. The number of rotatable bonds is 6. The summed E-state index contributed by atoms with van der Waals surface area (Å²) in [5.41, 5.74) is 0.187. The number of fused-ring (bicyclic) bond motifs is 1. The molecule has 1 amide bonds. The average Bonchev–Trinajstić information content (AvgIpc) is 2.55. The second kappa shape index (κ2) is 7.68. The van der Waals surface area contributed by atoms with E-state index >= 15 is 0 Å². The highest BCUT2D eigenvalue weighted by Crippen LogP contribution is 2.21. The van der Waals surface area contributed by atoms with Gasteiger partial charge in [0.15, 0.2) is 0 Å². The molecule has 26 heavy (non-hydrogen) atoms. The molecule has 140 valence electrons. The molecule has 7 nitrogen and oxygen atoms in total. The van der Waals surface area contributed by atoms with Gasteiger partial charge in [-0.2, -0.15) is 5.10 Å². The Morgan fingerprint density at radius 2 is 1.85 bits per heavy atom. The Kier molecular flexibility index (Phi) is 5.79. The molecule has 7 heteroatoms. The van der Waals surface area contributed by atoms with Gasteiger partial charge in [-0.15, -0.1) is 0 Å². The monoisotopic (exact) mass is 359 g/mol. The average molecular weight is 359 g/mol. The van der Waals surface area contributed by atoms with Crippen LogP contribution in [0.3, 0.4) is 0 Å². The van der Waals surface area contributed by atoms with E-state index in [1.54, 1.807) is 24.3 Å². The second-order valence-electron chi connectivity index (χ2n) is 7.66. The molecule has 0 spiro atoms. The maximum atomic E-state index is 12.4. The summed E-state index contributed by atoms with van der Waals surface area (Å²) in [7, 11) is 1.53. The van der Waals surface area contributed by atoms with E-state index < -0.39 is 17.9 Å². The summed E-state index contributed by atoms with van der Waals surface area (Å²) in [6.07, 6.45) is 0.936. The summed E-state index contributed by atoms with van der Waals surface area (Å²) in [5.74, 6) is -1.48. The number of nitrogens with one attached hydrogen (secondary N) is 1. The number of nitrogens with zero attached hydrogens (tertiary/aromatic N) is 2. The zero-order valence-electron chi connectivity index (χ0n) is 15.6. The van der Waals surface area contributed by atoms with E-state index in [2.05, 4.69) is 10.4 Å². The third-order valence-electron chi connectivity index (χ3n) is 4.18. The highest BCUT2D eigenvalue weighted by molar-refractivity contribution is 5.90. The number of carbonyl (C=O) groups is 2. The van der Waals surface area contributed by atoms with Gasteiger partial charge in [-0.1, -0.05) is 39.0 Å². The molecule has 2 N–H and O–H groups in total. The molecule has 0 aliphatic rings. The molecule has 1 atom stereocenters. The fraction of sp³-hybridized carbons (Fsp3) is 0.474. The van der Waals surface area contributed by atoms with Crippen LogP contribution in [0.1, 0.15) is 39.3 Å². The van der Waals surface area contributed by atoms with E-state index in [4.69, 9.17) is 0 Å². The highest BCUT2D eigenvalue weighted by Gasteiger charge is 2.23. The summed E-state index contributed by atoms with van der Waals surface area (Å²) in [4.78, 5) is 36.0. The number of carbonyl (C=O) groups excluding carboxylic acids is 1. The van der Waals surface area contributed by atoms with E-state index in [0.29, 0.717) is 29.3 Å². The van der Waals surface area contributed by atoms with Crippen LogP contribution >= 0.6 is 0 Å². The molecule has 1 heterocycles. The molecule has 0 aliphatic heterocycles. The van der Waals surface area contributed by atoms with Crippen LogP contribution in [0.2, 0.25) is 0 Å². The van der Waals surface area contributed by atoms with E-state index in [-0.39, 0.29) is 17.4 Å². The lowest BCUT2D eigenvalue weighted by atomic mass is 9.88. The number of benzene rings is 1. The standard InChI is InChI=1S/C19H25N3O4/c1-19(2,3)10-9-14(18(25)26)20-16(23)11-15-12-7-5-6-8-13(12)17(24)22(4)21-15/h5-8,14H,9-11H2,1-4H3,(H,20,23)(H,25,26).